The molecule has 0 saturated heterocycles. The quantitative estimate of drug-likeness (QED) is 0.762. The van der Waals surface area contributed by atoms with Crippen molar-refractivity contribution < 1.29 is 17.9 Å². The van der Waals surface area contributed by atoms with Gasteiger partial charge in [0.25, 0.3) is 10.0 Å². The average molecular weight is 371 g/mol. The summed E-state index contributed by atoms with van der Waals surface area (Å²) in [6, 6.07) is 14.3. The smallest absolute Gasteiger partial charge is 0.265 e. The third-order valence-electron chi connectivity index (χ3n) is 4.12. The SMILES string of the molecule is Cc1nn(-c2ccccc2)c(C)c1S(=O)(=O)Nc1ccc2c(c1)OCO2. The van der Waals surface area contributed by atoms with E-state index in [1.807, 2.05) is 30.3 Å². The van der Waals surface area contributed by atoms with Crippen LogP contribution in [0.15, 0.2) is 53.4 Å². The Bertz CT molecular complexity index is 1080. The minimum absolute atomic E-state index is 0.133. The van der Waals surface area contributed by atoms with Crippen LogP contribution < -0.4 is 14.2 Å². The van der Waals surface area contributed by atoms with E-state index < -0.39 is 10.0 Å². The second-order valence-corrected chi connectivity index (χ2v) is 7.54. The van der Waals surface area contributed by atoms with Crippen molar-refractivity contribution in [2.24, 2.45) is 0 Å². The number of ether oxygens (including phenoxy) is 2. The zero-order valence-corrected chi connectivity index (χ0v) is 15.1. The molecule has 0 aliphatic carbocycles. The fourth-order valence-corrected chi connectivity index (χ4v) is 4.45. The molecule has 1 aromatic heterocycles. The summed E-state index contributed by atoms with van der Waals surface area (Å²) in [5.41, 5.74) is 2.18. The molecule has 8 heteroatoms. The van der Waals surface area contributed by atoms with Crippen LogP contribution in [-0.4, -0.2) is 25.0 Å². The topological polar surface area (TPSA) is 82.5 Å². The van der Waals surface area contributed by atoms with E-state index >= 15 is 0 Å². The predicted octanol–water partition coefficient (Wildman–Crippen LogP) is 3.02. The Labute approximate surface area is 151 Å². The van der Waals surface area contributed by atoms with Crippen LogP contribution in [0.25, 0.3) is 5.69 Å². The Morgan fingerprint density at radius 2 is 1.77 bits per heavy atom. The zero-order valence-electron chi connectivity index (χ0n) is 14.3. The summed E-state index contributed by atoms with van der Waals surface area (Å²) in [5, 5.41) is 4.40. The van der Waals surface area contributed by atoms with Gasteiger partial charge in [-0.25, -0.2) is 13.1 Å². The van der Waals surface area contributed by atoms with Crippen molar-refractivity contribution in [1.29, 1.82) is 0 Å². The van der Waals surface area contributed by atoms with Gasteiger partial charge in [-0.15, -0.1) is 0 Å². The molecular weight excluding hydrogens is 354 g/mol. The zero-order chi connectivity index (χ0) is 18.3. The van der Waals surface area contributed by atoms with E-state index in [1.165, 1.54) is 0 Å². The molecule has 0 bridgehead atoms. The van der Waals surface area contributed by atoms with Gasteiger partial charge in [0.05, 0.1) is 22.8 Å². The molecule has 1 aliphatic heterocycles. The lowest BCUT2D eigenvalue weighted by Crippen LogP contribution is -2.15. The number of anilines is 1. The number of para-hydroxylation sites is 1. The fourth-order valence-electron chi connectivity index (χ4n) is 3.00. The van der Waals surface area contributed by atoms with Crippen LogP contribution in [0.3, 0.4) is 0 Å². The normalized spacial score (nSPS) is 13.0. The van der Waals surface area contributed by atoms with Gasteiger partial charge in [0, 0.05) is 6.07 Å². The maximum absolute atomic E-state index is 13.0. The number of aryl methyl sites for hydroxylation is 1. The number of hydrogen-bond acceptors (Lipinski definition) is 5. The number of sulfonamides is 1. The minimum atomic E-state index is -3.81. The Morgan fingerprint density at radius 1 is 1.04 bits per heavy atom. The van der Waals surface area contributed by atoms with Gasteiger partial charge in [-0.05, 0) is 38.1 Å². The third kappa shape index (κ3) is 2.78. The first kappa shape index (κ1) is 16.5. The molecule has 0 fully saturated rings. The molecule has 0 atom stereocenters. The summed E-state index contributed by atoms with van der Waals surface area (Å²) in [6.45, 7) is 3.55. The molecular formula is C18H17N3O4S. The van der Waals surface area contributed by atoms with E-state index in [9.17, 15) is 8.42 Å². The summed E-state index contributed by atoms with van der Waals surface area (Å²) < 4.78 is 40.7. The third-order valence-corrected chi connectivity index (χ3v) is 5.75. The lowest BCUT2D eigenvalue weighted by Gasteiger charge is -2.09. The van der Waals surface area contributed by atoms with Crippen molar-refractivity contribution in [1.82, 2.24) is 9.78 Å². The minimum Gasteiger partial charge on any atom is -0.454 e. The molecule has 0 saturated carbocycles. The maximum atomic E-state index is 13.0. The number of fused-ring (bicyclic) bond motifs is 1. The van der Waals surface area contributed by atoms with E-state index in [1.54, 1.807) is 36.7 Å². The number of aromatic nitrogens is 2. The van der Waals surface area contributed by atoms with Gasteiger partial charge >= 0.3 is 0 Å². The monoisotopic (exact) mass is 371 g/mol. The highest BCUT2D eigenvalue weighted by Gasteiger charge is 2.26. The maximum Gasteiger partial charge on any atom is 0.265 e. The average Bonchev–Trinajstić information content (AvgIpc) is 3.19. The Kier molecular flexibility index (Phi) is 3.84. The molecule has 26 heavy (non-hydrogen) atoms. The van der Waals surface area contributed by atoms with Crippen LogP contribution in [0, 0.1) is 13.8 Å². The summed E-state index contributed by atoms with van der Waals surface area (Å²) in [6.07, 6.45) is 0. The van der Waals surface area contributed by atoms with E-state index in [-0.39, 0.29) is 11.7 Å². The summed E-state index contributed by atoms with van der Waals surface area (Å²) in [5.74, 6) is 1.11. The molecule has 0 amide bonds. The van der Waals surface area contributed by atoms with Gasteiger partial charge in [0.1, 0.15) is 4.90 Å². The van der Waals surface area contributed by atoms with Crippen molar-refractivity contribution in [3.05, 3.63) is 59.9 Å². The molecule has 3 aromatic rings. The lowest BCUT2D eigenvalue weighted by atomic mass is 10.3. The van der Waals surface area contributed by atoms with Crippen molar-refractivity contribution in [2.75, 3.05) is 11.5 Å². The Morgan fingerprint density at radius 3 is 2.54 bits per heavy atom. The van der Waals surface area contributed by atoms with Gasteiger partial charge in [0.15, 0.2) is 11.5 Å². The highest BCUT2D eigenvalue weighted by Crippen LogP contribution is 2.35. The molecule has 7 nitrogen and oxygen atoms in total. The molecule has 1 N–H and O–H groups in total. The van der Waals surface area contributed by atoms with Crippen molar-refractivity contribution in [3.63, 3.8) is 0 Å². The molecule has 134 valence electrons. The van der Waals surface area contributed by atoms with E-state index in [0.717, 1.165) is 5.69 Å². The number of benzene rings is 2. The lowest BCUT2D eigenvalue weighted by molar-refractivity contribution is 0.174. The molecule has 0 radical (unpaired) electrons. The van der Waals surface area contributed by atoms with Crippen molar-refractivity contribution >= 4 is 15.7 Å². The van der Waals surface area contributed by atoms with Gasteiger partial charge in [-0.3, -0.25) is 4.72 Å². The first-order chi connectivity index (χ1) is 12.5. The molecule has 2 heterocycles. The highest BCUT2D eigenvalue weighted by atomic mass is 32.2. The standard InChI is InChI=1S/C18H17N3O4S/c1-12-18(13(2)21(19-12)15-6-4-3-5-7-15)26(22,23)20-14-8-9-16-17(10-14)25-11-24-16/h3-10,20H,11H2,1-2H3. The van der Waals surface area contributed by atoms with Crippen LogP contribution in [0.1, 0.15) is 11.4 Å². The van der Waals surface area contributed by atoms with Crippen LogP contribution in [0.4, 0.5) is 5.69 Å². The highest BCUT2D eigenvalue weighted by molar-refractivity contribution is 7.92. The number of rotatable bonds is 4. The van der Waals surface area contributed by atoms with Crippen LogP contribution in [0.2, 0.25) is 0 Å². The van der Waals surface area contributed by atoms with Gasteiger partial charge in [0.2, 0.25) is 6.79 Å². The second kappa shape index (κ2) is 6.06. The second-order valence-electron chi connectivity index (χ2n) is 5.92. The summed E-state index contributed by atoms with van der Waals surface area (Å²) >= 11 is 0. The first-order valence-corrected chi connectivity index (χ1v) is 9.48. The first-order valence-electron chi connectivity index (χ1n) is 8.00. The van der Waals surface area contributed by atoms with Crippen LogP contribution >= 0.6 is 0 Å². The van der Waals surface area contributed by atoms with Gasteiger partial charge in [-0.1, -0.05) is 18.2 Å². The number of hydrogen-bond donors (Lipinski definition) is 1. The molecule has 0 unspecified atom stereocenters. The molecule has 4 rings (SSSR count). The van der Waals surface area contributed by atoms with Gasteiger partial charge in [-0.2, -0.15) is 5.10 Å². The molecule has 2 aromatic carbocycles. The van der Waals surface area contributed by atoms with Crippen LogP contribution in [0.5, 0.6) is 11.5 Å². The van der Waals surface area contributed by atoms with Gasteiger partial charge < -0.3 is 9.47 Å². The Hall–Kier alpha value is -3.00. The summed E-state index contributed by atoms with van der Waals surface area (Å²) in [7, 11) is -3.81. The van der Waals surface area contributed by atoms with E-state index in [4.69, 9.17) is 9.47 Å². The largest absolute Gasteiger partial charge is 0.454 e. The van der Waals surface area contributed by atoms with Crippen molar-refractivity contribution in [3.8, 4) is 17.2 Å². The van der Waals surface area contributed by atoms with E-state index in [0.29, 0.717) is 28.6 Å². The molecule has 0 spiro atoms. The fraction of sp³-hybridized carbons (Fsp3) is 0.167. The Balaban J connectivity index is 1.71. The number of nitrogens with zero attached hydrogens (tertiary/aromatic N) is 2. The van der Waals surface area contributed by atoms with Crippen LogP contribution in [-0.2, 0) is 10.0 Å². The summed E-state index contributed by atoms with van der Waals surface area (Å²) in [4.78, 5) is 0.166. The van der Waals surface area contributed by atoms with Crippen molar-refractivity contribution in [2.45, 2.75) is 18.7 Å². The predicted molar refractivity (Wildman–Crippen MR) is 96.4 cm³/mol. The molecule has 1 aliphatic rings. The van der Waals surface area contributed by atoms with E-state index in [2.05, 4.69) is 9.82 Å². The number of nitrogens with one attached hydrogen (secondary N) is 1.